The predicted octanol–water partition coefficient (Wildman–Crippen LogP) is 5.54. The second-order valence-corrected chi connectivity index (χ2v) is 5.46. The maximum atomic E-state index is 12.6. The topological polar surface area (TPSA) is 24.1 Å². The molecule has 0 bridgehead atoms. The maximum absolute atomic E-state index is 12.6. The van der Waals surface area contributed by atoms with E-state index >= 15 is 0 Å². The van der Waals surface area contributed by atoms with Crippen LogP contribution in [0.25, 0.3) is 0 Å². The lowest BCUT2D eigenvalue weighted by Crippen LogP contribution is -2.14. The molecule has 0 fully saturated rings. The minimum Gasteiger partial charge on any atom is -0.383 e. The largest absolute Gasteiger partial charge is 0.416 e. The number of anilines is 2. The van der Waals surface area contributed by atoms with E-state index in [0.717, 1.165) is 17.8 Å². The summed E-state index contributed by atoms with van der Waals surface area (Å²) in [7, 11) is 0. The molecule has 0 saturated heterocycles. The summed E-state index contributed by atoms with van der Waals surface area (Å²) >= 11 is 11.7. The highest BCUT2D eigenvalue weighted by Gasteiger charge is 2.30. The van der Waals surface area contributed by atoms with Gasteiger partial charge in [0, 0.05) is 34.5 Å². The predicted molar refractivity (Wildman–Crippen MR) is 84.9 cm³/mol. The van der Waals surface area contributed by atoms with Gasteiger partial charge in [0.15, 0.2) is 0 Å². The Balaban J connectivity index is 1.86. The zero-order valence-electron chi connectivity index (χ0n) is 11.3. The molecule has 0 unspecified atom stereocenters. The molecule has 0 spiro atoms. The Labute approximate surface area is 136 Å². The van der Waals surface area contributed by atoms with Gasteiger partial charge in [-0.3, -0.25) is 0 Å². The summed E-state index contributed by atoms with van der Waals surface area (Å²) in [6, 6.07) is 10.1. The van der Waals surface area contributed by atoms with Crippen molar-refractivity contribution in [2.24, 2.45) is 0 Å². The van der Waals surface area contributed by atoms with Crippen LogP contribution in [0.1, 0.15) is 5.56 Å². The van der Waals surface area contributed by atoms with E-state index in [9.17, 15) is 13.2 Å². The smallest absolute Gasteiger partial charge is 0.383 e. The van der Waals surface area contributed by atoms with Crippen molar-refractivity contribution in [1.82, 2.24) is 0 Å². The molecule has 0 aromatic heterocycles. The Kier molecular flexibility index (Phi) is 5.42. The second kappa shape index (κ2) is 7.11. The molecule has 118 valence electrons. The van der Waals surface area contributed by atoms with Gasteiger partial charge in [-0.2, -0.15) is 13.2 Å². The third-order valence-electron chi connectivity index (χ3n) is 2.84. The highest BCUT2D eigenvalue weighted by atomic mass is 35.5. The number of rotatable bonds is 5. The van der Waals surface area contributed by atoms with Gasteiger partial charge in [0.05, 0.1) is 5.56 Å². The van der Waals surface area contributed by atoms with E-state index in [1.807, 2.05) is 0 Å². The number of alkyl halides is 3. The average Bonchev–Trinajstić information content (AvgIpc) is 2.42. The van der Waals surface area contributed by atoms with Crippen LogP contribution in [0.5, 0.6) is 0 Å². The Morgan fingerprint density at radius 2 is 1.41 bits per heavy atom. The molecule has 0 saturated carbocycles. The van der Waals surface area contributed by atoms with E-state index in [4.69, 9.17) is 23.2 Å². The molecule has 0 aliphatic heterocycles. The summed E-state index contributed by atoms with van der Waals surface area (Å²) in [5.41, 5.74) is 0.496. The van der Waals surface area contributed by atoms with Gasteiger partial charge >= 0.3 is 6.18 Å². The summed E-state index contributed by atoms with van der Waals surface area (Å²) < 4.78 is 37.8. The molecule has 2 nitrogen and oxygen atoms in total. The molecule has 0 aliphatic rings. The van der Waals surface area contributed by atoms with Crippen molar-refractivity contribution in [2.75, 3.05) is 23.7 Å². The molecule has 2 aromatic rings. The van der Waals surface area contributed by atoms with Crippen LogP contribution in [-0.4, -0.2) is 13.1 Å². The maximum Gasteiger partial charge on any atom is 0.416 e. The van der Waals surface area contributed by atoms with Crippen LogP contribution in [-0.2, 0) is 6.18 Å². The first-order chi connectivity index (χ1) is 10.3. The van der Waals surface area contributed by atoms with Crippen LogP contribution in [0.2, 0.25) is 10.0 Å². The standard InChI is InChI=1S/C15H13Cl2F3N2/c16-11-7-12(17)9-14(8-11)22-5-4-21-13-3-1-2-10(6-13)15(18,19)20/h1-3,6-9,21-22H,4-5H2. The van der Waals surface area contributed by atoms with Gasteiger partial charge < -0.3 is 10.6 Å². The second-order valence-electron chi connectivity index (χ2n) is 4.59. The molecule has 0 heterocycles. The number of hydrogen-bond donors (Lipinski definition) is 2. The molecule has 22 heavy (non-hydrogen) atoms. The summed E-state index contributed by atoms with van der Waals surface area (Å²) in [4.78, 5) is 0. The third kappa shape index (κ3) is 5.00. The summed E-state index contributed by atoms with van der Waals surface area (Å²) in [5.74, 6) is 0. The first-order valence-electron chi connectivity index (χ1n) is 6.46. The highest BCUT2D eigenvalue weighted by molar-refractivity contribution is 6.35. The van der Waals surface area contributed by atoms with Crippen LogP contribution in [0, 0.1) is 0 Å². The fourth-order valence-electron chi connectivity index (χ4n) is 1.88. The van der Waals surface area contributed by atoms with E-state index < -0.39 is 11.7 Å². The zero-order chi connectivity index (χ0) is 16.2. The SMILES string of the molecule is FC(F)(F)c1cccc(NCCNc2cc(Cl)cc(Cl)c2)c1. The number of hydrogen-bond acceptors (Lipinski definition) is 2. The van der Waals surface area contributed by atoms with Gasteiger partial charge in [-0.1, -0.05) is 29.3 Å². The van der Waals surface area contributed by atoms with Crippen molar-refractivity contribution in [3.8, 4) is 0 Å². The Morgan fingerprint density at radius 3 is 2.00 bits per heavy atom. The number of benzene rings is 2. The normalized spacial score (nSPS) is 11.3. The van der Waals surface area contributed by atoms with Gasteiger partial charge in [-0.05, 0) is 36.4 Å². The van der Waals surface area contributed by atoms with Crippen LogP contribution >= 0.6 is 23.2 Å². The van der Waals surface area contributed by atoms with E-state index in [2.05, 4.69) is 10.6 Å². The summed E-state index contributed by atoms with van der Waals surface area (Å²) in [6.07, 6.45) is -4.34. The van der Waals surface area contributed by atoms with Crippen molar-refractivity contribution in [3.05, 3.63) is 58.1 Å². The van der Waals surface area contributed by atoms with Crippen molar-refractivity contribution in [3.63, 3.8) is 0 Å². The molecule has 2 rings (SSSR count). The minimum absolute atomic E-state index is 0.417. The summed E-state index contributed by atoms with van der Waals surface area (Å²) in [6.45, 7) is 0.957. The highest BCUT2D eigenvalue weighted by Crippen LogP contribution is 2.30. The van der Waals surface area contributed by atoms with Gasteiger partial charge in [0.2, 0.25) is 0 Å². The fraction of sp³-hybridized carbons (Fsp3) is 0.200. The number of nitrogens with one attached hydrogen (secondary N) is 2. The zero-order valence-corrected chi connectivity index (χ0v) is 12.9. The lowest BCUT2D eigenvalue weighted by atomic mass is 10.2. The summed E-state index contributed by atoms with van der Waals surface area (Å²) in [5, 5.41) is 7.05. The van der Waals surface area contributed by atoms with Gasteiger partial charge in [0.25, 0.3) is 0 Å². The lowest BCUT2D eigenvalue weighted by Gasteiger charge is -2.12. The average molecular weight is 349 g/mol. The fourth-order valence-corrected chi connectivity index (χ4v) is 2.40. The van der Waals surface area contributed by atoms with Crippen molar-refractivity contribution in [1.29, 1.82) is 0 Å². The van der Waals surface area contributed by atoms with Gasteiger partial charge in [-0.25, -0.2) is 0 Å². The lowest BCUT2D eigenvalue weighted by molar-refractivity contribution is -0.137. The molecule has 2 N–H and O–H groups in total. The van der Waals surface area contributed by atoms with Crippen LogP contribution in [0.15, 0.2) is 42.5 Å². The minimum atomic E-state index is -4.34. The first-order valence-corrected chi connectivity index (χ1v) is 7.21. The van der Waals surface area contributed by atoms with Crippen molar-refractivity contribution < 1.29 is 13.2 Å². The quantitative estimate of drug-likeness (QED) is 0.693. The molecule has 7 heteroatoms. The van der Waals surface area contributed by atoms with Gasteiger partial charge in [-0.15, -0.1) is 0 Å². The Morgan fingerprint density at radius 1 is 0.818 bits per heavy atom. The molecular weight excluding hydrogens is 336 g/mol. The molecule has 0 atom stereocenters. The van der Waals surface area contributed by atoms with Crippen LogP contribution < -0.4 is 10.6 Å². The Bertz CT molecular complexity index is 625. The third-order valence-corrected chi connectivity index (χ3v) is 3.27. The molecular formula is C15H13Cl2F3N2. The van der Waals surface area contributed by atoms with E-state index in [0.29, 0.717) is 28.8 Å². The van der Waals surface area contributed by atoms with Crippen LogP contribution in [0.4, 0.5) is 24.5 Å². The molecule has 0 radical (unpaired) electrons. The molecule has 0 amide bonds. The Hall–Kier alpha value is -1.59. The number of halogens is 5. The van der Waals surface area contributed by atoms with E-state index in [1.54, 1.807) is 24.3 Å². The first kappa shape index (κ1) is 16.8. The van der Waals surface area contributed by atoms with Crippen molar-refractivity contribution in [2.45, 2.75) is 6.18 Å². The van der Waals surface area contributed by atoms with Crippen LogP contribution in [0.3, 0.4) is 0 Å². The monoisotopic (exact) mass is 348 g/mol. The van der Waals surface area contributed by atoms with Gasteiger partial charge in [0.1, 0.15) is 0 Å². The van der Waals surface area contributed by atoms with E-state index in [-0.39, 0.29) is 0 Å². The molecule has 0 aliphatic carbocycles. The van der Waals surface area contributed by atoms with E-state index in [1.165, 1.54) is 6.07 Å². The van der Waals surface area contributed by atoms with Crippen molar-refractivity contribution >= 4 is 34.6 Å². The molecule has 2 aromatic carbocycles.